The second-order valence-corrected chi connectivity index (χ2v) is 27.4. The molecule has 15 rings (SSSR count). The van der Waals surface area contributed by atoms with Gasteiger partial charge in [-0.25, -0.2) is 9.59 Å². The topological polar surface area (TPSA) is 162 Å². The highest BCUT2D eigenvalue weighted by Gasteiger charge is 2.63. The molecule has 0 radical (unpaired) electrons. The number of rotatable bonds is 9. The highest BCUT2D eigenvalue weighted by molar-refractivity contribution is 5.91. The summed E-state index contributed by atoms with van der Waals surface area (Å²) >= 11 is 0. The third-order valence-electron chi connectivity index (χ3n) is 23.2. The van der Waals surface area contributed by atoms with Crippen molar-refractivity contribution in [1.82, 2.24) is 0 Å². The van der Waals surface area contributed by atoms with E-state index in [0.29, 0.717) is 59.4 Å². The zero-order valence-corrected chi connectivity index (χ0v) is 50.8. The Morgan fingerprint density at radius 1 is 0.807 bits per heavy atom. The molecule has 6 aromatic rings. The predicted molar refractivity (Wildman–Crippen MR) is 338 cm³/mol. The van der Waals surface area contributed by atoms with Crippen LogP contribution in [-0.2, 0) is 42.2 Å². The molecule has 0 spiro atoms. The molecule has 4 heterocycles. The van der Waals surface area contributed by atoms with Crippen LogP contribution >= 0.6 is 0 Å². The van der Waals surface area contributed by atoms with Crippen molar-refractivity contribution in [3.05, 3.63) is 215 Å². The van der Waals surface area contributed by atoms with E-state index < -0.39 is 47.9 Å². The molecule has 88 heavy (non-hydrogen) atoms. The molecule has 11 nitrogen and oxygen atoms in total. The predicted octanol–water partition coefficient (Wildman–Crippen LogP) is 14.1. The fourth-order valence-electron chi connectivity index (χ4n) is 19.1. The van der Waals surface area contributed by atoms with Crippen LogP contribution in [0, 0.1) is 29.6 Å². The van der Waals surface area contributed by atoms with E-state index in [9.17, 15) is 20.1 Å². The summed E-state index contributed by atoms with van der Waals surface area (Å²) in [7, 11) is 1.52. The summed E-state index contributed by atoms with van der Waals surface area (Å²) in [6.45, 7) is 2.76. The monoisotopic (exact) mass is 1180 g/mol. The van der Waals surface area contributed by atoms with Crippen molar-refractivity contribution in [2.75, 3.05) is 26.9 Å². The maximum Gasteiger partial charge on any atom is 0.340 e. The van der Waals surface area contributed by atoms with Crippen LogP contribution in [0.25, 0.3) is 23.1 Å². The number of fused-ring (bicyclic) bond motifs is 12. The first-order valence-electron chi connectivity index (χ1n) is 32.6. The van der Waals surface area contributed by atoms with Gasteiger partial charge < -0.3 is 38.7 Å². The van der Waals surface area contributed by atoms with Gasteiger partial charge in [-0.15, -0.1) is 0 Å². The molecule has 3 N–H and O–H groups in total. The highest BCUT2D eigenvalue weighted by Crippen LogP contribution is 2.65. The van der Waals surface area contributed by atoms with E-state index in [2.05, 4.69) is 121 Å². The molecule has 0 saturated heterocycles. The van der Waals surface area contributed by atoms with Gasteiger partial charge in [-0.2, -0.15) is 0 Å². The van der Waals surface area contributed by atoms with E-state index in [4.69, 9.17) is 23.4 Å². The van der Waals surface area contributed by atoms with Gasteiger partial charge in [-0.05, 0) is 187 Å². The molecule has 3 aliphatic heterocycles. The number of esters is 2. The summed E-state index contributed by atoms with van der Waals surface area (Å²) < 4.78 is 34.1. The molecule has 3 saturated carbocycles. The third kappa shape index (κ3) is 9.20. The summed E-state index contributed by atoms with van der Waals surface area (Å²) in [5.74, 6) is -1.20. The Balaban J connectivity index is 0.937. The molecule has 3 fully saturated rings. The number of hydrogen-bond donors (Lipinski definition) is 3. The van der Waals surface area contributed by atoms with Crippen molar-refractivity contribution in [2.24, 2.45) is 29.6 Å². The molecule has 0 amide bonds. The lowest BCUT2D eigenvalue weighted by Crippen LogP contribution is -2.59. The average molecular weight is 1180 g/mol. The summed E-state index contributed by atoms with van der Waals surface area (Å²) in [4.78, 5) is 46.5. The second kappa shape index (κ2) is 22.7. The van der Waals surface area contributed by atoms with Crippen LogP contribution in [0.1, 0.15) is 193 Å². The zero-order chi connectivity index (χ0) is 60.2. The van der Waals surface area contributed by atoms with Gasteiger partial charge in [0.05, 0.1) is 25.4 Å². The Hall–Kier alpha value is -7.15. The van der Waals surface area contributed by atoms with E-state index in [0.717, 1.165) is 44.1 Å². The first kappa shape index (κ1) is 57.3. The Labute approximate surface area is 515 Å². The summed E-state index contributed by atoms with van der Waals surface area (Å²) in [6, 6.07) is 37.6. The van der Waals surface area contributed by atoms with Gasteiger partial charge in [-0.3, -0.25) is 4.79 Å². The van der Waals surface area contributed by atoms with Gasteiger partial charge in [0.15, 0.2) is 17.8 Å². The number of ether oxygens (including phenoxy) is 4. The minimum absolute atomic E-state index is 0.0129. The van der Waals surface area contributed by atoms with Crippen LogP contribution in [0.3, 0.4) is 0 Å². The number of aliphatic hydroxyl groups excluding tert-OH is 3. The smallest absolute Gasteiger partial charge is 0.340 e. The van der Waals surface area contributed by atoms with Crippen LogP contribution < -0.4 is 10.4 Å². The van der Waals surface area contributed by atoms with Gasteiger partial charge in [0, 0.05) is 65.7 Å². The third-order valence-corrected chi connectivity index (χ3v) is 23.2. The van der Waals surface area contributed by atoms with Gasteiger partial charge >= 0.3 is 17.6 Å². The molecule has 6 aliphatic carbocycles. The van der Waals surface area contributed by atoms with Crippen LogP contribution in [0.5, 0.6) is 5.75 Å². The standard InChI is InChI=1S/C77H80O11/c1-43(40-79)56-26-23-44-18-19-49-36-60(44)50-20-21-51-34-48-12-4-6-16-58(48)61-39-65(62(37-50)68(51)61)76(2)73(87-74(56)82)72(70-66(88-76)29-28-59-63(41-80)69(75(83)86-71(59)70)52(30-32-78)42-84-3)85-67(81)38-53-33-47(24-27-57(49)53)46-13-10-15-55(35-46)77-31-9-8-14-54(77)25-22-45-11-5-7-17-64(45)77/h4-7,10-13,15-19,22,24-25,27-29,34-36,47,50,52-54,57,61-62,65,68,72-73,78-80H,8-9,14,20-21,23,26,30-33,37-42H2,1-3H3/b56-43-/t47-,50-,52+,53+,54+,57-,61+,62-,65+,68+,72+,73-,76-,77+/m0/s1. The Kier molecular flexibility index (Phi) is 14.8. The number of benzene rings is 5. The van der Waals surface area contributed by atoms with Gasteiger partial charge in [0.25, 0.3) is 0 Å². The average Bonchev–Trinajstić information content (AvgIpc) is 2.05. The Bertz CT molecular complexity index is 3970. The second-order valence-electron chi connectivity index (χ2n) is 27.4. The van der Waals surface area contributed by atoms with Gasteiger partial charge in [0.2, 0.25) is 0 Å². The molecule has 454 valence electrons. The molecular weight excluding hydrogens is 1100 g/mol. The molecule has 1 aromatic heterocycles. The number of aryl methyl sites for hydroxylation is 1. The van der Waals surface area contributed by atoms with Crippen molar-refractivity contribution in [2.45, 2.75) is 157 Å². The van der Waals surface area contributed by atoms with Gasteiger partial charge in [0.1, 0.15) is 11.3 Å². The van der Waals surface area contributed by atoms with Gasteiger partial charge in [-0.1, -0.05) is 140 Å². The fourth-order valence-corrected chi connectivity index (χ4v) is 19.1. The molecule has 14 atom stereocenters. The Morgan fingerprint density at radius 3 is 2.50 bits per heavy atom. The van der Waals surface area contributed by atoms with Crippen LogP contribution in [-0.4, -0.2) is 65.9 Å². The number of aliphatic hydroxyl groups is 3. The Morgan fingerprint density at radius 2 is 1.66 bits per heavy atom. The first-order chi connectivity index (χ1) is 42.9. The highest BCUT2D eigenvalue weighted by atomic mass is 16.6. The minimum Gasteiger partial charge on any atom is -0.483 e. The van der Waals surface area contributed by atoms with Crippen molar-refractivity contribution >= 4 is 35.1 Å². The maximum atomic E-state index is 16.0. The van der Waals surface area contributed by atoms with E-state index in [1.165, 1.54) is 63.6 Å². The van der Waals surface area contributed by atoms with Crippen molar-refractivity contribution in [1.29, 1.82) is 0 Å². The quantitative estimate of drug-likeness (QED) is 0.0547. The molecule has 7 bridgehead atoms. The normalized spacial score (nSPS) is 31.7. The maximum absolute atomic E-state index is 16.0. The lowest BCUT2D eigenvalue weighted by molar-refractivity contribution is -0.202. The van der Waals surface area contributed by atoms with Crippen LogP contribution in [0.2, 0.25) is 0 Å². The van der Waals surface area contributed by atoms with Crippen LogP contribution in [0.15, 0.2) is 147 Å². The first-order valence-corrected chi connectivity index (χ1v) is 32.6. The minimum atomic E-state index is -1.37. The van der Waals surface area contributed by atoms with Crippen LogP contribution in [0.4, 0.5) is 0 Å². The number of hydrogen-bond acceptors (Lipinski definition) is 11. The zero-order valence-electron chi connectivity index (χ0n) is 50.8. The number of carbonyl (C=O) groups excluding carboxylic acids is 2. The summed E-state index contributed by atoms with van der Waals surface area (Å²) in [5.41, 5.74) is 12.2. The SMILES string of the molecule is COC[C@@H](CCO)c1c(CO)c2ccc3c(c2oc1=O)[C@H]1OC(=O)C[C@H]2C[C@@H](c4cccc([C@@]56CCCC[C@@H]5C=Cc5ccccc56)c4)C=C[C@H]2c2ccc4c(c2)[C@H]2CCC5=Cc6ccccc6[C@H]6C[C@H]([C@H](C2)[C@H]56)[C@](C)(O3)[C@H]1OC(=O)/C(=C(/C)CO)CC4. The number of allylic oxidation sites excluding steroid dienone is 4. The van der Waals surface area contributed by atoms with Crippen molar-refractivity contribution < 1.29 is 48.3 Å². The lowest BCUT2D eigenvalue weighted by Gasteiger charge is -2.50. The van der Waals surface area contributed by atoms with E-state index in [-0.39, 0.29) is 102 Å². The van der Waals surface area contributed by atoms with E-state index in [1.807, 2.05) is 13.0 Å². The number of carbonyl (C=O) groups is 2. The summed E-state index contributed by atoms with van der Waals surface area (Å²) in [5, 5.41) is 32.9. The molecular formula is C77H80O11. The van der Waals surface area contributed by atoms with E-state index >= 15 is 9.59 Å². The fraction of sp³-hybridized carbons (Fsp3) is 0.442. The van der Waals surface area contributed by atoms with Crippen molar-refractivity contribution in [3.8, 4) is 5.75 Å². The summed E-state index contributed by atoms with van der Waals surface area (Å²) in [6.07, 6.45) is 19.0. The molecule has 11 heteroatoms. The molecule has 5 aromatic carbocycles. The van der Waals surface area contributed by atoms with E-state index in [1.54, 1.807) is 13.0 Å². The largest absolute Gasteiger partial charge is 0.483 e. The van der Waals surface area contributed by atoms with Crippen molar-refractivity contribution in [3.63, 3.8) is 0 Å². The lowest BCUT2D eigenvalue weighted by atomic mass is 9.56. The number of methoxy groups -OCH3 is 1. The molecule has 9 aliphatic rings. The molecule has 0 unspecified atom stereocenters.